The van der Waals surface area contributed by atoms with E-state index in [9.17, 15) is 4.79 Å². The van der Waals surface area contributed by atoms with Crippen LogP contribution in [0.2, 0.25) is 0 Å². The van der Waals surface area contributed by atoms with Crippen molar-refractivity contribution in [1.82, 2.24) is 14.7 Å². The quantitative estimate of drug-likeness (QED) is 0.535. The van der Waals surface area contributed by atoms with Gasteiger partial charge in [-0.2, -0.15) is 5.10 Å². The van der Waals surface area contributed by atoms with Crippen molar-refractivity contribution in [2.75, 3.05) is 13.6 Å². The lowest BCUT2D eigenvalue weighted by Crippen LogP contribution is -2.33. The van der Waals surface area contributed by atoms with Gasteiger partial charge in [0, 0.05) is 19.2 Å². The Balaban J connectivity index is 2.20. The molecule has 0 bridgehead atoms. The lowest BCUT2D eigenvalue weighted by atomic mass is 10.1. The van der Waals surface area contributed by atoms with E-state index in [1.54, 1.807) is 4.90 Å². The second-order valence-electron chi connectivity index (χ2n) is 8.92. The van der Waals surface area contributed by atoms with Crippen molar-refractivity contribution in [3.8, 4) is 11.3 Å². The third-order valence-corrected chi connectivity index (χ3v) is 4.79. The molecule has 0 saturated heterocycles. The molecule has 1 aromatic heterocycles. The molecule has 0 aliphatic carbocycles. The van der Waals surface area contributed by atoms with Crippen LogP contribution in [0.5, 0.6) is 0 Å². The molecule has 0 radical (unpaired) electrons. The monoisotopic (exact) mass is 393 g/mol. The fourth-order valence-electron chi connectivity index (χ4n) is 3.06. The summed E-state index contributed by atoms with van der Waals surface area (Å²) in [5.41, 5.74) is 4.82. The highest BCUT2D eigenvalue weighted by molar-refractivity contribution is 5.93. The summed E-state index contributed by atoms with van der Waals surface area (Å²) in [6.07, 6.45) is 6.46. The fraction of sp³-hybridized carbons (Fsp3) is 0.440. The molecule has 0 aliphatic heterocycles. The smallest absolute Gasteiger partial charge is 0.272 e. The number of aromatic nitrogens is 2. The van der Waals surface area contributed by atoms with E-state index in [-0.39, 0.29) is 11.4 Å². The Bertz CT molecular complexity index is 879. The number of carbonyl (C=O) groups excluding carboxylic acids is 1. The van der Waals surface area contributed by atoms with Gasteiger partial charge in [0.1, 0.15) is 5.69 Å². The molecule has 0 spiro atoms. The van der Waals surface area contributed by atoms with Crippen molar-refractivity contribution in [3.63, 3.8) is 0 Å². The largest absolute Gasteiger partial charge is 0.337 e. The zero-order chi connectivity index (χ0) is 21.6. The van der Waals surface area contributed by atoms with E-state index >= 15 is 0 Å². The summed E-state index contributed by atoms with van der Waals surface area (Å²) in [6, 6.07) is 11.9. The van der Waals surface area contributed by atoms with Crippen LogP contribution in [0.25, 0.3) is 11.3 Å². The van der Waals surface area contributed by atoms with Crippen LogP contribution in [0.4, 0.5) is 0 Å². The van der Waals surface area contributed by atoms with Crippen LogP contribution in [0.1, 0.15) is 64.9 Å². The topological polar surface area (TPSA) is 38.1 Å². The molecule has 0 N–H and O–H groups in total. The van der Waals surface area contributed by atoms with Crippen LogP contribution in [0, 0.1) is 0 Å². The summed E-state index contributed by atoms with van der Waals surface area (Å²) in [5.74, 6) is -0.0112. The maximum atomic E-state index is 13.2. The van der Waals surface area contributed by atoms with Gasteiger partial charge in [0.2, 0.25) is 0 Å². The zero-order valence-electron chi connectivity index (χ0n) is 19.0. The van der Waals surface area contributed by atoms with Crippen molar-refractivity contribution in [2.24, 2.45) is 0 Å². The molecular weight excluding hydrogens is 358 g/mol. The Morgan fingerprint density at radius 1 is 1.10 bits per heavy atom. The molecule has 1 amide bonds. The SMILES string of the molecule is CC(C)=CCC/C(C)=C/CN(C)C(=O)c1cc(-c2ccccc2)nn1C(C)(C)C. The highest BCUT2D eigenvalue weighted by Crippen LogP contribution is 2.24. The predicted molar refractivity (Wildman–Crippen MR) is 122 cm³/mol. The van der Waals surface area contributed by atoms with Crippen molar-refractivity contribution < 1.29 is 4.79 Å². The lowest BCUT2D eigenvalue weighted by molar-refractivity contribution is 0.0789. The first kappa shape index (κ1) is 22.7. The molecule has 156 valence electrons. The van der Waals surface area contributed by atoms with Gasteiger partial charge >= 0.3 is 0 Å². The molecule has 0 fully saturated rings. The number of rotatable bonds is 7. The van der Waals surface area contributed by atoms with E-state index in [0.29, 0.717) is 12.2 Å². The van der Waals surface area contributed by atoms with Crippen LogP contribution in [-0.4, -0.2) is 34.2 Å². The molecule has 4 heteroatoms. The first-order chi connectivity index (χ1) is 13.6. The summed E-state index contributed by atoms with van der Waals surface area (Å²) in [4.78, 5) is 15.0. The van der Waals surface area contributed by atoms with E-state index in [1.165, 1.54) is 11.1 Å². The van der Waals surface area contributed by atoms with Gasteiger partial charge in [-0.3, -0.25) is 9.48 Å². The lowest BCUT2D eigenvalue weighted by Gasteiger charge is -2.24. The Morgan fingerprint density at radius 2 is 1.76 bits per heavy atom. The number of hydrogen-bond donors (Lipinski definition) is 0. The van der Waals surface area contributed by atoms with Gasteiger partial charge in [-0.25, -0.2) is 0 Å². The van der Waals surface area contributed by atoms with Gasteiger partial charge in [-0.1, -0.05) is 53.6 Å². The second kappa shape index (κ2) is 9.73. The number of nitrogens with zero attached hydrogens (tertiary/aromatic N) is 3. The number of benzene rings is 1. The van der Waals surface area contributed by atoms with Crippen LogP contribution in [0.3, 0.4) is 0 Å². The van der Waals surface area contributed by atoms with Gasteiger partial charge in [0.25, 0.3) is 5.91 Å². The number of carbonyl (C=O) groups is 1. The summed E-state index contributed by atoms with van der Waals surface area (Å²) in [6.45, 7) is 13.2. The third-order valence-electron chi connectivity index (χ3n) is 4.79. The Hall–Kier alpha value is -2.62. The van der Waals surface area contributed by atoms with Crippen molar-refractivity contribution in [1.29, 1.82) is 0 Å². The highest BCUT2D eigenvalue weighted by Gasteiger charge is 2.25. The van der Waals surface area contributed by atoms with Gasteiger partial charge in [-0.05, 0) is 60.5 Å². The maximum absolute atomic E-state index is 13.2. The number of allylic oxidation sites excluding steroid dienone is 3. The van der Waals surface area contributed by atoms with E-state index in [1.807, 2.05) is 48.1 Å². The number of hydrogen-bond acceptors (Lipinski definition) is 2. The zero-order valence-corrected chi connectivity index (χ0v) is 19.0. The first-order valence-electron chi connectivity index (χ1n) is 10.3. The Morgan fingerprint density at radius 3 is 2.34 bits per heavy atom. The highest BCUT2D eigenvalue weighted by atomic mass is 16.2. The Labute approximate surface area is 175 Å². The van der Waals surface area contributed by atoms with E-state index in [0.717, 1.165) is 24.1 Å². The minimum absolute atomic E-state index is 0.0112. The maximum Gasteiger partial charge on any atom is 0.272 e. The van der Waals surface area contributed by atoms with Crippen LogP contribution < -0.4 is 0 Å². The van der Waals surface area contributed by atoms with Crippen molar-refractivity contribution in [3.05, 3.63) is 65.4 Å². The molecule has 0 aliphatic rings. The summed E-state index contributed by atoms with van der Waals surface area (Å²) < 4.78 is 1.85. The number of likely N-dealkylation sites (N-methyl/N-ethyl adjacent to an activating group) is 1. The van der Waals surface area contributed by atoms with Gasteiger partial charge in [0.05, 0.1) is 11.2 Å². The molecular formula is C25H35N3O. The fourth-order valence-corrected chi connectivity index (χ4v) is 3.06. The van der Waals surface area contributed by atoms with Gasteiger partial charge in [-0.15, -0.1) is 0 Å². The molecule has 2 rings (SSSR count). The molecule has 4 nitrogen and oxygen atoms in total. The molecule has 0 unspecified atom stereocenters. The van der Waals surface area contributed by atoms with Gasteiger partial charge < -0.3 is 4.90 Å². The minimum atomic E-state index is -0.283. The molecule has 1 aromatic carbocycles. The normalized spacial score (nSPS) is 12.0. The van der Waals surface area contributed by atoms with Crippen molar-refractivity contribution >= 4 is 5.91 Å². The molecule has 0 atom stereocenters. The molecule has 1 heterocycles. The standard InChI is InChI=1S/C25H35N3O/c1-19(2)12-11-13-20(3)16-17-27(7)24(29)23-18-22(21-14-9-8-10-15-21)26-28(23)25(4,5)6/h8-10,12,14-16,18H,11,13,17H2,1-7H3/b20-16+. The van der Waals surface area contributed by atoms with E-state index in [2.05, 4.69) is 53.7 Å². The van der Waals surface area contributed by atoms with E-state index < -0.39 is 0 Å². The summed E-state index contributed by atoms with van der Waals surface area (Å²) in [5, 5.41) is 4.75. The molecule has 0 saturated carbocycles. The molecule has 29 heavy (non-hydrogen) atoms. The van der Waals surface area contributed by atoms with E-state index in [4.69, 9.17) is 5.10 Å². The van der Waals surface area contributed by atoms with Crippen LogP contribution in [0.15, 0.2) is 59.7 Å². The molecule has 2 aromatic rings. The minimum Gasteiger partial charge on any atom is -0.337 e. The second-order valence-corrected chi connectivity index (χ2v) is 8.92. The van der Waals surface area contributed by atoms with Crippen LogP contribution >= 0.6 is 0 Å². The summed E-state index contributed by atoms with van der Waals surface area (Å²) >= 11 is 0. The van der Waals surface area contributed by atoms with Crippen molar-refractivity contribution in [2.45, 2.75) is 59.9 Å². The van der Waals surface area contributed by atoms with Gasteiger partial charge in [0.15, 0.2) is 0 Å². The summed E-state index contributed by atoms with van der Waals surface area (Å²) in [7, 11) is 1.85. The average molecular weight is 394 g/mol. The third kappa shape index (κ3) is 6.45. The number of amides is 1. The predicted octanol–water partition coefficient (Wildman–Crippen LogP) is 6.07. The Kier molecular flexibility index (Phi) is 7.60. The average Bonchev–Trinajstić information content (AvgIpc) is 3.12. The van der Waals surface area contributed by atoms with Crippen LogP contribution in [-0.2, 0) is 5.54 Å². The first-order valence-corrected chi connectivity index (χ1v) is 10.3.